The number of nitrogens with zero attached hydrogens (tertiary/aromatic N) is 1. The van der Waals surface area contributed by atoms with Crippen molar-refractivity contribution in [3.8, 4) is 0 Å². The summed E-state index contributed by atoms with van der Waals surface area (Å²) >= 11 is 0. The molecule has 0 spiro atoms. The molecule has 1 aromatic rings. The van der Waals surface area contributed by atoms with Gasteiger partial charge < -0.3 is 10.0 Å². The number of carbonyl (C=O) groups is 1. The Balaban J connectivity index is 2.63. The zero-order valence-corrected chi connectivity index (χ0v) is 11.8. The van der Waals surface area contributed by atoms with E-state index in [1.54, 1.807) is 11.9 Å². The first kappa shape index (κ1) is 14.7. The average Bonchev–Trinajstić information content (AvgIpc) is 2.32. The van der Waals surface area contributed by atoms with Crippen molar-refractivity contribution in [2.45, 2.75) is 33.6 Å². The zero-order valence-electron chi connectivity index (χ0n) is 11.8. The zero-order chi connectivity index (χ0) is 13.7. The minimum atomic E-state index is -0.0775. The standard InChI is InChI=1S/C15H23NO2/c1-11-9-13(3)14(10-12(11)2)5-7-16(4)15(18)6-8-17/h9-10,17H,5-8H2,1-4H3. The molecule has 100 valence electrons. The highest BCUT2D eigenvalue weighted by molar-refractivity contribution is 5.75. The van der Waals surface area contributed by atoms with E-state index < -0.39 is 0 Å². The van der Waals surface area contributed by atoms with Gasteiger partial charge in [-0.2, -0.15) is 0 Å². The van der Waals surface area contributed by atoms with Crippen LogP contribution < -0.4 is 0 Å². The summed E-state index contributed by atoms with van der Waals surface area (Å²) in [5.74, 6) is -0.000938. The molecule has 0 aliphatic heterocycles. The van der Waals surface area contributed by atoms with Crippen LogP contribution in [-0.2, 0) is 11.2 Å². The van der Waals surface area contributed by atoms with Crippen LogP contribution >= 0.6 is 0 Å². The van der Waals surface area contributed by atoms with Gasteiger partial charge in [-0.25, -0.2) is 0 Å². The van der Waals surface area contributed by atoms with Crippen LogP contribution in [0.2, 0.25) is 0 Å². The summed E-state index contributed by atoms with van der Waals surface area (Å²) < 4.78 is 0. The molecule has 1 aromatic carbocycles. The number of hydrogen-bond acceptors (Lipinski definition) is 2. The van der Waals surface area contributed by atoms with Crippen molar-refractivity contribution in [1.29, 1.82) is 0 Å². The molecular formula is C15H23NO2. The summed E-state index contributed by atoms with van der Waals surface area (Å²) in [6.45, 7) is 6.95. The topological polar surface area (TPSA) is 40.5 Å². The molecule has 1 N–H and O–H groups in total. The van der Waals surface area contributed by atoms with E-state index in [0.29, 0.717) is 6.54 Å². The number of benzene rings is 1. The Labute approximate surface area is 109 Å². The molecular weight excluding hydrogens is 226 g/mol. The lowest BCUT2D eigenvalue weighted by Crippen LogP contribution is -2.29. The first-order chi connectivity index (χ1) is 8.45. The maximum Gasteiger partial charge on any atom is 0.224 e. The second kappa shape index (κ2) is 6.55. The van der Waals surface area contributed by atoms with Gasteiger partial charge in [0.2, 0.25) is 5.91 Å². The van der Waals surface area contributed by atoms with Crippen LogP contribution in [-0.4, -0.2) is 36.1 Å². The van der Waals surface area contributed by atoms with Gasteiger partial charge in [-0.05, 0) is 49.4 Å². The van der Waals surface area contributed by atoms with E-state index >= 15 is 0 Å². The summed E-state index contributed by atoms with van der Waals surface area (Å²) in [5, 5.41) is 8.73. The average molecular weight is 249 g/mol. The van der Waals surface area contributed by atoms with Crippen LogP contribution in [0.25, 0.3) is 0 Å². The molecule has 18 heavy (non-hydrogen) atoms. The number of rotatable bonds is 5. The maximum absolute atomic E-state index is 11.5. The Kier molecular flexibility index (Phi) is 5.35. The second-order valence-electron chi connectivity index (χ2n) is 4.90. The lowest BCUT2D eigenvalue weighted by Gasteiger charge is -2.18. The Morgan fingerprint density at radius 1 is 1.17 bits per heavy atom. The van der Waals surface area contributed by atoms with E-state index in [-0.39, 0.29) is 18.9 Å². The lowest BCUT2D eigenvalue weighted by atomic mass is 9.99. The summed E-state index contributed by atoms with van der Waals surface area (Å²) in [7, 11) is 1.79. The van der Waals surface area contributed by atoms with Crippen LogP contribution in [0, 0.1) is 20.8 Å². The first-order valence-corrected chi connectivity index (χ1v) is 6.37. The molecule has 0 saturated carbocycles. The molecule has 0 fully saturated rings. The fourth-order valence-electron chi connectivity index (χ4n) is 1.99. The molecule has 1 amide bonds. The van der Waals surface area contributed by atoms with E-state index in [1.165, 1.54) is 22.3 Å². The van der Waals surface area contributed by atoms with E-state index in [9.17, 15) is 4.79 Å². The summed E-state index contributed by atoms with van der Waals surface area (Å²) in [5.41, 5.74) is 5.17. The first-order valence-electron chi connectivity index (χ1n) is 6.37. The second-order valence-corrected chi connectivity index (χ2v) is 4.90. The fraction of sp³-hybridized carbons (Fsp3) is 0.533. The predicted octanol–water partition coefficient (Wildman–Crippen LogP) is 2.00. The molecule has 3 heteroatoms. The third-order valence-corrected chi connectivity index (χ3v) is 3.42. The summed E-state index contributed by atoms with van der Waals surface area (Å²) in [6.07, 6.45) is 1.07. The lowest BCUT2D eigenvalue weighted by molar-refractivity contribution is -0.130. The van der Waals surface area contributed by atoms with Gasteiger partial charge in [-0.1, -0.05) is 12.1 Å². The minimum Gasteiger partial charge on any atom is -0.396 e. The third kappa shape index (κ3) is 3.84. The number of hydrogen-bond donors (Lipinski definition) is 1. The van der Waals surface area contributed by atoms with Gasteiger partial charge in [-0.15, -0.1) is 0 Å². The fourth-order valence-corrected chi connectivity index (χ4v) is 1.99. The number of carbonyl (C=O) groups excluding carboxylic acids is 1. The van der Waals surface area contributed by atoms with Crippen molar-refractivity contribution in [2.75, 3.05) is 20.2 Å². The van der Waals surface area contributed by atoms with Crippen LogP contribution in [0.1, 0.15) is 28.7 Å². The number of aliphatic hydroxyl groups excluding tert-OH is 1. The van der Waals surface area contributed by atoms with E-state index in [0.717, 1.165) is 6.42 Å². The van der Waals surface area contributed by atoms with Crippen LogP contribution in [0.5, 0.6) is 0 Å². The largest absolute Gasteiger partial charge is 0.396 e. The molecule has 0 unspecified atom stereocenters. The van der Waals surface area contributed by atoms with E-state index in [4.69, 9.17) is 5.11 Å². The summed E-state index contributed by atoms with van der Waals surface area (Å²) in [4.78, 5) is 13.2. The van der Waals surface area contributed by atoms with Gasteiger partial charge in [0.1, 0.15) is 0 Å². The number of likely N-dealkylation sites (N-methyl/N-ethyl adjacent to an activating group) is 1. The van der Waals surface area contributed by atoms with Crippen molar-refractivity contribution < 1.29 is 9.90 Å². The van der Waals surface area contributed by atoms with E-state index in [1.807, 2.05) is 0 Å². The van der Waals surface area contributed by atoms with Crippen LogP contribution in [0.3, 0.4) is 0 Å². The van der Waals surface area contributed by atoms with Crippen molar-refractivity contribution in [2.24, 2.45) is 0 Å². The Hall–Kier alpha value is -1.35. The van der Waals surface area contributed by atoms with Gasteiger partial charge in [0.15, 0.2) is 0 Å². The number of aryl methyl sites for hydroxylation is 3. The molecule has 0 heterocycles. The van der Waals surface area contributed by atoms with Gasteiger partial charge in [0.05, 0.1) is 6.61 Å². The number of aliphatic hydroxyl groups is 1. The number of amides is 1. The maximum atomic E-state index is 11.5. The molecule has 0 aliphatic carbocycles. The molecule has 0 saturated heterocycles. The van der Waals surface area contributed by atoms with Gasteiger partial charge >= 0.3 is 0 Å². The van der Waals surface area contributed by atoms with E-state index in [2.05, 4.69) is 32.9 Å². The van der Waals surface area contributed by atoms with Gasteiger partial charge in [0, 0.05) is 20.0 Å². The summed E-state index contributed by atoms with van der Waals surface area (Å²) in [6, 6.07) is 4.40. The Bertz CT molecular complexity index is 427. The van der Waals surface area contributed by atoms with Gasteiger partial charge in [-0.3, -0.25) is 4.79 Å². The quantitative estimate of drug-likeness (QED) is 0.867. The third-order valence-electron chi connectivity index (χ3n) is 3.42. The normalized spacial score (nSPS) is 10.5. The molecule has 0 atom stereocenters. The highest BCUT2D eigenvalue weighted by atomic mass is 16.3. The van der Waals surface area contributed by atoms with Crippen molar-refractivity contribution in [3.05, 3.63) is 34.4 Å². The van der Waals surface area contributed by atoms with Crippen molar-refractivity contribution >= 4 is 5.91 Å². The highest BCUT2D eigenvalue weighted by Crippen LogP contribution is 2.16. The molecule has 1 rings (SSSR count). The van der Waals surface area contributed by atoms with Crippen molar-refractivity contribution in [3.63, 3.8) is 0 Å². The molecule has 0 aromatic heterocycles. The SMILES string of the molecule is Cc1cc(C)c(CCN(C)C(=O)CCO)cc1C. The Morgan fingerprint density at radius 2 is 1.78 bits per heavy atom. The smallest absolute Gasteiger partial charge is 0.224 e. The van der Waals surface area contributed by atoms with Crippen LogP contribution in [0.4, 0.5) is 0 Å². The minimum absolute atomic E-state index is 0.000938. The Morgan fingerprint density at radius 3 is 2.39 bits per heavy atom. The molecule has 0 aliphatic rings. The molecule has 0 bridgehead atoms. The molecule has 0 radical (unpaired) electrons. The van der Waals surface area contributed by atoms with Crippen LogP contribution in [0.15, 0.2) is 12.1 Å². The highest BCUT2D eigenvalue weighted by Gasteiger charge is 2.09. The molecule has 3 nitrogen and oxygen atoms in total. The predicted molar refractivity (Wildman–Crippen MR) is 73.7 cm³/mol. The van der Waals surface area contributed by atoms with Gasteiger partial charge in [0.25, 0.3) is 0 Å². The van der Waals surface area contributed by atoms with Crippen molar-refractivity contribution in [1.82, 2.24) is 4.90 Å². The monoisotopic (exact) mass is 249 g/mol.